The van der Waals surface area contributed by atoms with Gasteiger partial charge in [0.25, 0.3) is 0 Å². The van der Waals surface area contributed by atoms with Crippen LogP contribution in [0.1, 0.15) is 18.0 Å². The average Bonchev–Trinajstić information content (AvgIpc) is 3.06. The lowest BCUT2D eigenvalue weighted by atomic mass is 10.0. The van der Waals surface area contributed by atoms with Gasteiger partial charge in [-0.1, -0.05) is 12.1 Å². The van der Waals surface area contributed by atoms with Gasteiger partial charge in [-0.2, -0.15) is 0 Å². The molecule has 9 heteroatoms. The molecule has 8 nitrogen and oxygen atoms in total. The van der Waals surface area contributed by atoms with Crippen LogP contribution in [0.2, 0.25) is 0 Å². The maximum Gasteiger partial charge on any atom is 0.191 e. The summed E-state index contributed by atoms with van der Waals surface area (Å²) in [4.78, 5) is 6.67. The summed E-state index contributed by atoms with van der Waals surface area (Å²) in [6, 6.07) is 8.18. The highest BCUT2D eigenvalue weighted by molar-refractivity contribution is 7.91. The van der Waals surface area contributed by atoms with Crippen LogP contribution in [0, 0.1) is 0 Å². The fourth-order valence-corrected chi connectivity index (χ4v) is 5.34. The molecular weight excluding hydrogens is 380 g/mol. The van der Waals surface area contributed by atoms with Gasteiger partial charge in [-0.25, -0.2) is 8.42 Å². The largest absolute Gasteiger partial charge is 0.497 e. The van der Waals surface area contributed by atoms with Gasteiger partial charge in [0.2, 0.25) is 0 Å². The number of hydrogen-bond donors (Lipinski definition) is 2. The summed E-state index contributed by atoms with van der Waals surface area (Å²) in [5, 5.41) is 6.62. The van der Waals surface area contributed by atoms with Crippen molar-refractivity contribution in [2.75, 3.05) is 58.5 Å². The monoisotopic (exact) mass is 410 g/mol. The zero-order valence-electron chi connectivity index (χ0n) is 16.6. The second kappa shape index (κ2) is 9.58. The molecule has 0 saturated carbocycles. The summed E-state index contributed by atoms with van der Waals surface area (Å²) in [6.07, 6.45) is 0.619. The maximum absolute atomic E-state index is 11.7. The van der Waals surface area contributed by atoms with Crippen molar-refractivity contribution >= 4 is 15.8 Å². The summed E-state index contributed by atoms with van der Waals surface area (Å²) in [5.74, 6) is 1.87. The van der Waals surface area contributed by atoms with Crippen molar-refractivity contribution in [1.29, 1.82) is 0 Å². The number of methoxy groups -OCH3 is 1. The third kappa shape index (κ3) is 5.59. The van der Waals surface area contributed by atoms with E-state index in [9.17, 15) is 8.42 Å². The Morgan fingerprint density at radius 1 is 1.32 bits per heavy atom. The third-order valence-electron chi connectivity index (χ3n) is 5.25. The van der Waals surface area contributed by atoms with E-state index in [4.69, 9.17) is 9.47 Å². The highest BCUT2D eigenvalue weighted by Crippen LogP contribution is 2.23. The first-order valence-electron chi connectivity index (χ1n) is 9.64. The van der Waals surface area contributed by atoms with E-state index in [1.165, 1.54) is 5.56 Å². The molecule has 3 rings (SSSR count). The standard InChI is InChI=1S/C19H30N4O4S/c1-20-19(22-16-7-12-28(24,25)14-16)21-13-18(23-8-10-27-11-9-23)15-3-5-17(26-2)6-4-15/h3-6,16,18H,7-14H2,1-2H3,(H2,20,21,22). The van der Waals surface area contributed by atoms with Crippen molar-refractivity contribution < 1.29 is 17.9 Å². The Morgan fingerprint density at radius 2 is 2.04 bits per heavy atom. The van der Waals surface area contributed by atoms with E-state index in [0.717, 1.165) is 32.1 Å². The van der Waals surface area contributed by atoms with E-state index in [1.807, 2.05) is 12.1 Å². The van der Waals surface area contributed by atoms with Gasteiger partial charge in [-0.15, -0.1) is 0 Å². The first-order chi connectivity index (χ1) is 13.5. The molecular formula is C19H30N4O4S. The van der Waals surface area contributed by atoms with Crippen LogP contribution in [0.25, 0.3) is 0 Å². The zero-order valence-corrected chi connectivity index (χ0v) is 17.4. The average molecular weight is 411 g/mol. The molecule has 0 amide bonds. The van der Waals surface area contributed by atoms with Gasteiger partial charge >= 0.3 is 0 Å². The van der Waals surface area contributed by atoms with Crippen LogP contribution in [0.3, 0.4) is 0 Å². The Kier molecular flexibility index (Phi) is 7.14. The smallest absolute Gasteiger partial charge is 0.191 e. The van der Waals surface area contributed by atoms with Crippen molar-refractivity contribution in [2.45, 2.75) is 18.5 Å². The Balaban J connectivity index is 1.65. The summed E-state index contributed by atoms with van der Waals surface area (Å²) < 4.78 is 34.2. The fourth-order valence-electron chi connectivity index (χ4n) is 3.66. The van der Waals surface area contributed by atoms with Gasteiger partial charge in [-0.3, -0.25) is 9.89 Å². The fraction of sp³-hybridized carbons (Fsp3) is 0.632. The van der Waals surface area contributed by atoms with Gasteiger partial charge in [0.05, 0.1) is 37.9 Å². The van der Waals surface area contributed by atoms with E-state index in [-0.39, 0.29) is 23.6 Å². The molecule has 2 unspecified atom stereocenters. The van der Waals surface area contributed by atoms with Crippen LogP contribution in [0.4, 0.5) is 0 Å². The number of ether oxygens (including phenoxy) is 2. The third-order valence-corrected chi connectivity index (χ3v) is 7.01. The highest BCUT2D eigenvalue weighted by Gasteiger charge is 2.29. The Bertz CT molecular complexity index is 761. The van der Waals surface area contributed by atoms with Crippen LogP contribution in [-0.4, -0.2) is 83.8 Å². The molecule has 0 aliphatic carbocycles. The van der Waals surface area contributed by atoms with Crippen molar-refractivity contribution in [3.05, 3.63) is 29.8 Å². The lowest BCUT2D eigenvalue weighted by Crippen LogP contribution is -2.48. The second-order valence-electron chi connectivity index (χ2n) is 7.13. The number of nitrogens with zero attached hydrogens (tertiary/aromatic N) is 2. The normalized spacial score (nSPS) is 23.9. The molecule has 2 aliphatic heterocycles. The first kappa shape index (κ1) is 20.9. The van der Waals surface area contributed by atoms with Crippen LogP contribution in [0.15, 0.2) is 29.3 Å². The summed E-state index contributed by atoms with van der Waals surface area (Å²) >= 11 is 0. The van der Waals surface area contributed by atoms with E-state index in [0.29, 0.717) is 18.9 Å². The van der Waals surface area contributed by atoms with Gasteiger partial charge in [-0.05, 0) is 24.1 Å². The molecule has 0 spiro atoms. The molecule has 2 aliphatic rings. The summed E-state index contributed by atoms with van der Waals surface area (Å²) in [7, 11) is 0.439. The first-order valence-corrected chi connectivity index (χ1v) is 11.5. The maximum atomic E-state index is 11.7. The predicted molar refractivity (Wildman–Crippen MR) is 110 cm³/mol. The van der Waals surface area contributed by atoms with E-state index >= 15 is 0 Å². The van der Waals surface area contributed by atoms with Gasteiger partial charge in [0.1, 0.15) is 5.75 Å². The lowest BCUT2D eigenvalue weighted by molar-refractivity contribution is 0.0170. The Labute approximate surface area is 167 Å². The van der Waals surface area contributed by atoms with Crippen LogP contribution in [0.5, 0.6) is 5.75 Å². The minimum absolute atomic E-state index is 0.0842. The van der Waals surface area contributed by atoms with Gasteiger partial charge in [0.15, 0.2) is 15.8 Å². The highest BCUT2D eigenvalue weighted by atomic mass is 32.2. The van der Waals surface area contributed by atoms with Gasteiger partial charge < -0.3 is 20.1 Å². The molecule has 2 saturated heterocycles. The molecule has 156 valence electrons. The number of nitrogens with one attached hydrogen (secondary N) is 2. The number of morpholine rings is 1. The molecule has 0 bridgehead atoms. The predicted octanol–water partition coefficient (Wildman–Crippen LogP) is 0.421. The van der Waals surface area contributed by atoms with Crippen molar-refractivity contribution in [2.24, 2.45) is 4.99 Å². The molecule has 1 aromatic rings. The molecule has 1 aromatic carbocycles. The molecule has 2 N–H and O–H groups in total. The van der Waals surface area contributed by atoms with Crippen LogP contribution >= 0.6 is 0 Å². The Morgan fingerprint density at radius 3 is 2.61 bits per heavy atom. The number of aliphatic imine (C=N–C) groups is 1. The van der Waals surface area contributed by atoms with Crippen molar-refractivity contribution in [3.63, 3.8) is 0 Å². The molecule has 0 radical (unpaired) electrons. The van der Waals surface area contributed by atoms with E-state index in [2.05, 4.69) is 32.7 Å². The second-order valence-corrected chi connectivity index (χ2v) is 9.36. The van der Waals surface area contributed by atoms with Crippen molar-refractivity contribution in [1.82, 2.24) is 15.5 Å². The van der Waals surface area contributed by atoms with Crippen LogP contribution in [-0.2, 0) is 14.6 Å². The minimum atomic E-state index is -2.93. The summed E-state index contributed by atoms with van der Waals surface area (Å²) in [5.41, 5.74) is 1.19. The quantitative estimate of drug-likeness (QED) is 0.519. The topological polar surface area (TPSA) is 92.3 Å². The molecule has 2 fully saturated rings. The Hall–Kier alpha value is -1.84. The van der Waals surface area contributed by atoms with Crippen LogP contribution < -0.4 is 15.4 Å². The number of rotatable bonds is 6. The number of sulfone groups is 1. The van der Waals surface area contributed by atoms with Crippen molar-refractivity contribution in [3.8, 4) is 5.75 Å². The SMILES string of the molecule is CN=C(NCC(c1ccc(OC)cc1)N1CCOCC1)NC1CCS(=O)(=O)C1. The zero-order chi connectivity index (χ0) is 20.0. The lowest BCUT2D eigenvalue weighted by Gasteiger charge is -2.35. The molecule has 0 aromatic heterocycles. The molecule has 2 atom stereocenters. The molecule has 28 heavy (non-hydrogen) atoms. The molecule has 2 heterocycles. The number of benzene rings is 1. The van der Waals surface area contributed by atoms with Gasteiger partial charge in [0, 0.05) is 32.7 Å². The number of hydrogen-bond acceptors (Lipinski definition) is 6. The van der Waals surface area contributed by atoms with E-state index in [1.54, 1.807) is 14.2 Å². The number of guanidine groups is 1. The minimum Gasteiger partial charge on any atom is -0.497 e. The van der Waals surface area contributed by atoms with E-state index < -0.39 is 9.84 Å². The summed E-state index contributed by atoms with van der Waals surface area (Å²) in [6.45, 7) is 3.83.